The average Bonchev–Trinajstić information content (AvgIpc) is 3.42. The monoisotopic (exact) mass is 462 g/mol. The van der Waals surface area contributed by atoms with Gasteiger partial charge in [0.25, 0.3) is 5.91 Å². The Morgan fingerprint density at radius 3 is 2.61 bits per heavy atom. The highest BCUT2D eigenvalue weighted by Gasteiger charge is 2.47. The van der Waals surface area contributed by atoms with Gasteiger partial charge in [-0.25, -0.2) is 9.37 Å². The van der Waals surface area contributed by atoms with E-state index in [2.05, 4.69) is 10.3 Å². The van der Waals surface area contributed by atoms with Gasteiger partial charge in [-0.2, -0.15) is 0 Å². The molecule has 8 heteroatoms. The van der Waals surface area contributed by atoms with Crippen molar-refractivity contribution in [3.63, 3.8) is 0 Å². The van der Waals surface area contributed by atoms with Crippen LogP contribution in [0.2, 0.25) is 0 Å². The number of hydrogen-bond donors (Lipinski definition) is 1. The first-order valence-corrected chi connectivity index (χ1v) is 9.98. The number of amides is 1. The van der Waals surface area contributed by atoms with Gasteiger partial charge in [-0.3, -0.25) is 4.79 Å². The lowest BCUT2D eigenvalue weighted by molar-refractivity contribution is 0.0704. The van der Waals surface area contributed by atoms with Gasteiger partial charge >= 0.3 is 0 Å². The number of halogens is 3. The number of fused-ring (bicyclic) bond motifs is 1. The zero-order valence-corrected chi connectivity index (χ0v) is 18.7. The lowest BCUT2D eigenvalue weighted by Crippen LogP contribution is -2.35. The summed E-state index contributed by atoms with van der Waals surface area (Å²) >= 11 is 0. The van der Waals surface area contributed by atoms with Crippen LogP contribution in [0.5, 0.6) is 0 Å². The van der Waals surface area contributed by atoms with Crippen LogP contribution in [-0.4, -0.2) is 40.0 Å². The van der Waals surface area contributed by atoms with Crippen molar-refractivity contribution >= 4 is 30.7 Å². The number of carbonyl (C=O) groups excluding carboxylic acids is 1. The van der Waals surface area contributed by atoms with Gasteiger partial charge in [0, 0.05) is 38.2 Å². The van der Waals surface area contributed by atoms with Crippen LogP contribution >= 0.6 is 24.8 Å². The molecule has 0 bridgehead atoms. The summed E-state index contributed by atoms with van der Waals surface area (Å²) in [6, 6.07) is 16.4. The number of nitrogens with one attached hydrogen (secondary N) is 1. The second kappa shape index (κ2) is 9.39. The van der Waals surface area contributed by atoms with Crippen LogP contribution in [-0.2, 0) is 7.05 Å². The van der Waals surface area contributed by atoms with Gasteiger partial charge in [-0.05, 0) is 23.6 Å². The van der Waals surface area contributed by atoms with Crippen molar-refractivity contribution in [1.29, 1.82) is 0 Å². The second-order valence-corrected chi connectivity index (χ2v) is 7.93. The molecule has 3 heterocycles. The fourth-order valence-electron chi connectivity index (χ4n) is 4.86. The predicted octanol–water partition coefficient (Wildman–Crippen LogP) is 4.10. The highest BCUT2D eigenvalue weighted by Crippen LogP contribution is 2.43. The molecule has 2 saturated heterocycles. The Kier molecular flexibility index (Phi) is 7.04. The molecule has 5 rings (SSSR count). The molecule has 1 N–H and O–H groups in total. The molecule has 0 radical (unpaired) electrons. The largest absolute Gasteiger partial charge is 0.330 e. The molecule has 5 nitrogen and oxygen atoms in total. The van der Waals surface area contributed by atoms with Crippen molar-refractivity contribution < 1.29 is 9.18 Å². The maximum atomic E-state index is 13.9. The van der Waals surface area contributed by atoms with E-state index < -0.39 is 0 Å². The maximum absolute atomic E-state index is 13.9. The van der Waals surface area contributed by atoms with Crippen molar-refractivity contribution in [2.45, 2.75) is 6.04 Å². The number of nitrogens with zero attached hydrogens (tertiary/aromatic N) is 3. The van der Waals surface area contributed by atoms with E-state index in [-0.39, 0.29) is 42.6 Å². The van der Waals surface area contributed by atoms with Crippen LogP contribution in [0.15, 0.2) is 60.8 Å². The minimum Gasteiger partial charge on any atom is -0.330 e. The lowest BCUT2D eigenvalue weighted by Gasteiger charge is -2.28. The minimum atomic E-state index is -0.267. The Labute approximate surface area is 193 Å². The Hall–Kier alpha value is -2.41. The Morgan fingerprint density at radius 1 is 1.10 bits per heavy atom. The molecule has 2 fully saturated rings. The molecule has 0 spiro atoms. The number of hydrogen-bond acceptors (Lipinski definition) is 3. The van der Waals surface area contributed by atoms with E-state index in [1.807, 2.05) is 52.9 Å². The number of aromatic nitrogens is 2. The van der Waals surface area contributed by atoms with Crippen molar-refractivity contribution in [2.24, 2.45) is 18.9 Å². The third kappa shape index (κ3) is 4.07. The summed E-state index contributed by atoms with van der Waals surface area (Å²) in [7, 11) is 1.87. The fraction of sp³-hybridized carbons (Fsp3) is 0.304. The van der Waals surface area contributed by atoms with E-state index in [0.717, 1.165) is 30.0 Å². The van der Waals surface area contributed by atoms with E-state index in [0.29, 0.717) is 24.1 Å². The first-order chi connectivity index (χ1) is 14.1. The smallest absolute Gasteiger partial charge is 0.272 e. The molecule has 2 aliphatic rings. The summed E-state index contributed by atoms with van der Waals surface area (Å²) in [5.41, 5.74) is 2.39. The molecule has 3 atom stereocenters. The van der Waals surface area contributed by atoms with Gasteiger partial charge in [0.1, 0.15) is 17.3 Å². The number of carbonyl (C=O) groups is 1. The molecule has 2 aromatic carbocycles. The first kappa shape index (κ1) is 23.3. The lowest BCUT2D eigenvalue weighted by atomic mass is 9.89. The van der Waals surface area contributed by atoms with Crippen molar-refractivity contribution in [3.8, 4) is 11.4 Å². The molecule has 1 aromatic heterocycles. The first-order valence-electron chi connectivity index (χ1n) is 9.98. The summed E-state index contributed by atoms with van der Waals surface area (Å²) in [5, 5.41) is 3.43. The van der Waals surface area contributed by atoms with E-state index in [1.54, 1.807) is 18.3 Å². The predicted molar refractivity (Wildman–Crippen MR) is 123 cm³/mol. The summed E-state index contributed by atoms with van der Waals surface area (Å²) in [6.07, 6.45) is 1.65. The van der Waals surface area contributed by atoms with Gasteiger partial charge < -0.3 is 14.8 Å². The number of rotatable bonds is 3. The van der Waals surface area contributed by atoms with Crippen LogP contribution in [0.4, 0.5) is 4.39 Å². The Morgan fingerprint density at radius 2 is 1.87 bits per heavy atom. The van der Waals surface area contributed by atoms with Crippen molar-refractivity contribution in [3.05, 3.63) is 77.9 Å². The zero-order valence-electron chi connectivity index (χ0n) is 17.1. The fourth-order valence-corrected chi connectivity index (χ4v) is 4.86. The molecular formula is C23H25Cl2FN4O. The topological polar surface area (TPSA) is 50.2 Å². The molecule has 0 unspecified atom stereocenters. The van der Waals surface area contributed by atoms with Crippen LogP contribution in [0, 0.1) is 17.7 Å². The average molecular weight is 463 g/mol. The van der Waals surface area contributed by atoms with Crippen LogP contribution < -0.4 is 5.32 Å². The van der Waals surface area contributed by atoms with E-state index in [9.17, 15) is 9.18 Å². The van der Waals surface area contributed by atoms with Crippen molar-refractivity contribution in [2.75, 3.05) is 19.6 Å². The van der Waals surface area contributed by atoms with Crippen LogP contribution in [0.1, 0.15) is 22.1 Å². The Bertz CT molecular complexity index is 1060. The Balaban J connectivity index is 0.00000136. The number of benzene rings is 2. The number of imidazole rings is 1. The quantitative estimate of drug-likeness (QED) is 0.637. The van der Waals surface area contributed by atoms with E-state index in [1.165, 1.54) is 6.07 Å². The summed E-state index contributed by atoms with van der Waals surface area (Å²) < 4.78 is 15.8. The molecule has 3 aromatic rings. The van der Waals surface area contributed by atoms with E-state index in [4.69, 9.17) is 0 Å². The third-order valence-electron chi connectivity index (χ3n) is 6.25. The summed E-state index contributed by atoms with van der Waals surface area (Å²) in [5.74, 6) is 1.12. The third-order valence-corrected chi connectivity index (χ3v) is 6.25. The molecule has 0 saturated carbocycles. The molecule has 1 amide bonds. The maximum Gasteiger partial charge on any atom is 0.272 e. The van der Waals surface area contributed by atoms with Crippen molar-refractivity contribution in [1.82, 2.24) is 19.8 Å². The normalized spacial score (nSPS) is 21.9. The second-order valence-electron chi connectivity index (χ2n) is 7.93. The molecule has 164 valence electrons. The number of likely N-dealkylation sites (tertiary alicyclic amines) is 1. The highest BCUT2D eigenvalue weighted by molar-refractivity contribution is 5.93. The minimum absolute atomic E-state index is 0. The van der Waals surface area contributed by atoms with Gasteiger partial charge in [-0.1, -0.05) is 42.5 Å². The summed E-state index contributed by atoms with van der Waals surface area (Å²) in [4.78, 5) is 20.0. The molecular weight excluding hydrogens is 438 g/mol. The summed E-state index contributed by atoms with van der Waals surface area (Å²) in [6.45, 7) is 2.40. The zero-order chi connectivity index (χ0) is 20.0. The highest BCUT2D eigenvalue weighted by atomic mass is 35.5. The van der Waals surface area contributed by atoms with Crippen LogP contribution in [0.3, 0.4) is 0 Å². The standard InChI is InChI=1S/C23H23FN4O.2ClH/c1-27-20(13-26-22(27)15-6-3-2-4-7-15)23(29)28-14-17-11-25-12-19(17)21(28)16-8-5-9-18(24)10-16;;/h2-10,13,17,19,21,25H,11-12,14H2,1H3;2*1H/t17-,19-,21-;;/m0../s1. The molecule has 31 heavy (non-hydrogen) atoms. The van der Waals surface area contributed by atoms with Gasteiger partial charge in [0.05, 0.1) is 12.2 Å². The van der Waals surface area contributed by atoms with Gasteiger partial charge in [-0.15, -0.1) is 24.8 Å². The van der Waals surface area contributed by atoms with Gasteiger partial charge in [0.15, 0.2) is 0 Å². The SMILES string of the molecule is Cl.Cl.Cn1c(C(=O)N2C[C@@H]3CNC[C@@H]3[C@@H]2c2cccc(F)c2)cnc1-c1ccccc1. The van der Waals surface area contributed by atoms with E-state index >= 15 is 0 Å². The van der Waals surface area contributed by atoms with Crippen LogP contribution in [0.25, 0.3) is 11.4 Å². The molecule has 2 aliphatic heterocycles. The van der Waals surface area contributed by atoms with Gasteiger partial charge in [0.2, 0.25) is 0 Å². The molecule has 0 aliphatic carbocycles.